The van der Waals surface area contributed by atoms with Gasteiger partial charge in [-0.2, -0.15) is 25.0 Å². The molecule has 1 fully saturated rings. The van der Waals surface area contributed by atoms with Crippen LogP contribution >= 0.6 is 11.3 Å². The summed E-state index contributed by atoms with van der Waals surface area (Å²) in [6, 6.07) is 16.1. The lowest BCUT2D eigenvalue weighted by molar-refractivity contribution is 0.312. The summed E-state index contributed by atoms with van der Waals surface area (Å²) in [7, 11) is 4.11. The van der Waals surface area contributed by atoms with E-state index >= 15 is 0 Å². The summed E-state index contributed by atoms with van der Waals surface area (Å²) < 4.78 is 1.12. The lowest BCUT2D eigenvalue weighted by Crippen LogP contribution is -2.45. The third-order valence-corrected chi connectivity index (χ3v) is 7.21. The van der Waals surface area contributed by atoms with Crippen LogP contribution in [0.3, 0.4) is 0 Å². The molecule has 2 aromatic carbocycles. The van der Waals surface area contributed by atoms with Gasteiger partial charge in [0.25, 0.3) is 0 Å². The molecular formula is C24H26N10S. The maximum absolute atomic E-state index is 6.61. The molecule has 6 rings (SSSR count). The molecule has 0 aliphatic carbocycles. The number of nitrogens with zero attached hydrogens (tertiary/aromatic N) is 9. The Hall–Kier alpha value is -3.80. The number of hydrazine groups is 1. The topological polar surface area (TPSA) is 95.5 Å². The highest BCUT2D eigenvalue weighted by atomic mass is 32.1. The molecule has 1 saturated heterocycles. The lowest BCUT2D eigenvalue weighted by atomic mass is 10.3. The predicted molar refractivity (Wildman–Crippen MR) is 141 cm³/mol. The average molecular weight is 487 g/mol. The van der Waals surface area contributed by atoms with E-state index in [-0.39, 0.29) is 0 Å². The van der Waals surface area contributed by atoms with Crippen LogP contribution in [0.1, 0.15) is 0 Å². The number of likely N-dealkylation sites (N-methyl/N-ethyl adjacent to an activating group) is 1. The van der Waals surface area contributed by atoms with Crippen molar-refractivity contribution >= 4 is 55.7 Å². The van der Waals surface area contributed by atoms with E-state index < -0.39 is 0 Å². The number of nitrogens with two attached hydrogens (primary N) is 1. The van der Waals surface area contributed by atoms with Gasteiger partial charge in [0.1, 0.15) is 5.82 Å². The molecule has 10 nitrogen and oxygen atoms in total. The Bertz CT molecular complexity index is 1490. The SMILES string of the molecule is CN1CCN(c2cc(N(N)n3ncc4ccccc43)nc(N(C)c3ccc4ncsc4c3)n2)CC1. The van der Waals surface area contributed by atoms with E-state index in [1.807, 2.05) is 59.9 Å². The van der Waals surface area contributed by atoms with Crippen molar-refractivity contribution in [1.82, 2.24) is 29.7 Å². The van der Waals surface area contributed by atoms with Gasteiger partial charge < -0.3 is 14.7 Å². The molecule has 0 radical (unpaired) electrons. The van der Waals surface area contributed by atoms with Crippen LogP contribution < -0.4 is 20.8 Å². The molecule has 178 valence electrons. The maximum atomic E-state index is 6.61. The van der Waals surface area contributed by atoms with Gasteiger partial charge in [-0.15, -0.1) is 11.3 Å². The molecular weight excluding hydrogens is 460 g/mol. The number of fused-ring (bicyclic) bond motifs is 2. The minimum Gasteiger partial charge on any atom is -0.354 e. The number of para-hydroxylation sites is 1. The summed E-state index contributed by atoms with van der Waals surface area (Å²) in [6.45, 7) is 3.72. The van der Waals surface area contributed by atoms with Gasteiger partial charge in [0.05, 0.1) is 27.4 Å². The van der Waals surface area contributed by atoms with Gasteiger partial charge in [-0.1, -0.05) is 18.2 Å². The first-order chi connectivity index (χ1) is 17.1. The Balaban J connectivity index is 1.42. The Morgan fingerprint density at radius 2 is 1.83 bits per heavy atom. The van der Waals surface area contributed by atoms with Gasteiger partial charge in [-0.3, -0.25) is 0 Å². The molecule has 35 heavy (non-hydrogen) atoms. The van der Waals surface area contributed by atoms with Crippen LogP contribution in [0.2, 0.25) is 0 Å². The van der Waals surface area contributed by atoms with Gasteiger partial charge in [-0.05, 0) is 31.3 Å². The lowest BCUT2D eigenvalue weighted by Gasteiger charge is -2.34. The molecule has 11 heteroatoms. The van der Waals surface area contributed by atoms with Crippen molar-refractivity contribution in [3.63, 3.8) is 0 Å². The summed E-state index contributed by atoms with van der Waals surface area (Å²) in [5, 5.41) is 6.99. The number of benzene rings is 2. The molecule has 0 spiro atoms. The van der Waals surface area contributed by atoms with E-state index in [0.717, 1.165) is 58.8 Å². The first kappa shape index (κ1) is 21.7. The normalized spacial score (nSPS) is 14.7. The molecule has 2 N–H and O–H groups in total. The summed E-state index contributed by atoms with van der Waals surface area (Å²) >= 11 is 1.62. The number of aromatic nitrogens is 5. The highest BCUT2D eigenvalue weighted by Crippen LogP contribution is 2.30. The number of hydrogen-bond acceptors (Lipinski definition) is 10. The fourth-order valence-electron chi connectivity index (χ4n) is 4.27. The summed E-state index contributed by atoms with van der Waals surface area (Å²) in [5.41, 5.74) is 4.73. The predicted octanol–water partition coefficient (Wildman–Crippen LogP) is 3.10. The number of hydrogen-bond donors (Lipinski definition) is 1. The molecule has 0 atom stereocenters. The van der Waals surface area contributed by atoms with E-state index in [4.69, 9.17) is 15.8 Å². The largest absolute Gasteiger partial charge is 0.354 e. The molecule has 4 heterocycles. The molecule has 0 amide bonds. The Labute approximate surface area is 206 Å². The molecule has 5 aromatic rings. The molecule has 0 bridgehead atoms. The van der Waals surface area contributed by atoms with E-state index in [1.54, 1.807) is 22.3 Å². The Morgan fingerprint density at radius 1 is 1.00 bits per heavy atom. The van der Waals surface area contributed by atoms with Gasteiger partial charge in [-0.25, -0.2) is 10.8 Å². The van der Waals surface area contributed by atoms with Crippen LogP contribution in [0.5, 0.6) is 0 Å². The van der Waals surface area contributed by atoms with E-state index in [2.05, 4.69) is 33.0 Å². The first-order valence-corrected chi connectivity index (χ1v) is 12.3. The zero-order valence-corrected chi connectivity index (χ0v) is 20.4. The van der Waals surface area contributed by atoms with Gasteiger partial charge in [0, 0.05) is 50.4 Å². The quantitative estimate of drug-likeness (QED) is 0.297. The summed E-state index contributed by atoms with van der Waals surface area (Å²) in [4.78, 5) is 22.4. The van der Waals surface area contributed by atoms with Crippen LogP contribution in [0, 0.1) is 0 Å². The number of piperazine rings is 1. The monoisotopic (exact) mass is 486 g/mol. The Kier molecular flexibility index (Phi) is 5.44. The first-order valence-electron chi connectivity index (χ1n) is 11.4. The summed E-state index contributed by atoms with van der Waals surface area (Å²) in [5.74, 6) is 8.57. The number of rotatable bonds is 5. The van der Waals surface area contributed by atoms with Crippen LogP contribution in [0.15, 0.2) is 60.2 Å². The fourth-order valence-corrected chi connectivity index (χ4v) is 4.98. The standard InChI is InChI=1S/C24H26N10S/c1-30-9-11-32(12-10-30)22-14-23(33(25)34-20-6-4-3-5-17(20)15-27-34)29-24(28-22)31(2)18-7-8-19-21(13-18)35-16-26-19/h3-8,13-16H,9-12,25H2,1-2H3. The number of thiazole rings is 1. The van der Waals surface area contributed by atoms with Crippen molar-refractivity contribution < 1.29 is 0 Å². The molecule has 1 aliphatic rings. The number of anilines is 4. The minimum absolute atomic E-state index is 0.559. The van der Waals surface area contributed by atoms with Crippen LogP contribution in [-0.2, 0) is 0 Å². The van der Waals surface area contributed by atoms with Crippen molar-refractivity contribution in [3.05, 3.63) is 60.2 Å². The molecule has 0 unspecified atom stereocenters. The van der Waals surface area contributed by atoms with Crippen LogP contribution in [0.25, 0.3) is 21.1 Å². The zero-order valence-electron chi connectivity index (χ0n) is 19.6. The molecule has 0 saturated carbocycles. The van der Waals surface area contributed by atoms with Crippen molar-refractivity contribution in [1.29, 1.82) is 0 Å². The third kappa shape index (κ3) is 4.03. The highest BCUT2D eigenvalue weighted by Gasteiger charge is 2.21. The highest BCUT2D eigenvalue weighted by molar-refractivity contribution is 7.16. The second-order valence-electron chi connectivity index (χ2n) is 8.68. The van der Waals surface area contributed by atoms with E-state index in [0.29, 0.717) is 11.8 Å². The van der Waals surface area contributed by atoms with E-state index in [9.17, 15) is 0 Å². The van der Waals surface area contributed by atoms with Crippen molar-refractivity contribution in [3.8, 4) is 0 Å². The van der Waals surface area contributed by atoms with Crippen molar-refractivity contribution in [2.75, 3.05) is 55.2 Å². The van der Waals surface area contributed by atoms with Crippen LogP contribution in [-0.4, -0.2) is 70.0 Å². The second kappa shape index (κ2) is 8.77. The minimum atomic E-state index is 0.559. The van der Waals surface area contributed by atoms with Gasteiger partial charge in [0.2, 0.25) is 5.95 Å². The van der Waals surface area contributed by atoms with Crippen molar-refractivity contribution in [2.45, 2.75) is 0 Å². The van der Waals surface area contributed by atoms with Gasteiger partial charge >= 0.3 is 0 Å². The van der Waals surface area contributed by atoms with Gasteiger partial charge in [0.15, 0.2) is 5.82 Å². The fraction of sp³-hybridized carbons (Fsp3) is 0.250. The molecule has 1 aliphatic heterocycles. The maximum Gasteiger partial charge on any atom is 0.233 e. The molecule has 3 aromatic heterocycles. The van der Waals surface area contributed by atoms with E-state index in [1.165, 1.54) is 5.12 Å². The van der Waals surface area contributed by atoms with Crippen LogP contribution in [0.4, 0.5) is 23.3 Å². The second-order valence-corrected chi connectivity index (χ2v) is 9.56. The summed E-state index contributed by atoms with van der Waals surface area (Å²) in [6.07, 6.45) is 1.80. The average Bonchev–Trinajstić information content (AvgIpc) is 3.54. The zero-order chi connectivity index (χ0) is 23.9. The Morgan fingerprint density at radius 3 is 2.69 bits per heavy atom. The smallest absolute Gasteiger partial charge is 0.233 e. The third-order valence-electron chi connectivity index (χ3n) is 6.41. The van der Waals surface area contributed by atoms with Crippen molar-refractivity contribution in [2.24, 2.45) is 5.84 Å².